The Kier molecular flexibility index (Phi) is 5.23. The fraction of sp³-hybridized carbons (Fsp3) is 0.188. The predicted octanol–water partition coefficient (Wildman–Crippen LogP) is 4.66. The number of hydrogen-bond donors (Lipinski definition) is 0. The van der Waals surface area contributed by atoms with Gasteiger partial charge in [-0.15, -0.1) is 11.8 Å². The quantitative estimate of drug-likeness (QED) is 0.739. The van der Waals surface area contributed by atoms with Crippen LogP contribution in [0.3, 0.4) is 0 Å². The molecule has 0 heterocycles. The molecule has 2 aromatic carbocycles. The van der Waals surface area contributed by atoms with Crippen LogP contribution in [0.15, 0.2) is 57.9 Å². The van der Waals surface area contributed by atoms with Crippen LogP contribution in [0.25, 0.3) is 0 Å². The minimum Gasteiger partial charge on any atom is -0.298 e. The van der Waals surface area contributed by atoms with E-state index in [0.717, 1.165) is 10.0 Å². The lowest BCUT2D eigenvalue weighted by molar-refractivity contribution is -0.116. The van der Waals surface area contributed by atoms with Gasteiger partial charge in [-0.05, 0) is 30.2 Å². The third-order valence-electron chi connectivity index (χ3n) is 2.83. The summed E-state index contributed by atoms with van der Waals surface area (Å²) in [5.74, 6) is 0.770. The molecule has 0 radical (unpaired) electrons. The van der Waals surface area contributed by atoms with E-state index in [9.17, 15) is 4.79 Å². The van der Waals surface area contributed by atoms with Gasteiger partial charge in [0.2, 0.25) is 0 Å². The molecule has 98 valence electrons. The number of Topliss-reactive ketones (excluding diaryl/α,β-unsaturated/α-hetero) is 1. The third kappa shape index (κ3) is 4.22. The van der Waals surface area contributed by atoms with Crippen LogP contribution in [-0.4, -0.2) is 11.5 Å². The summed E-state index contributed by atoms with van der Waals surface area (Å²) in [6, 6.07) is 16.0. The van der Waals surface area contributed by atoms with Crippen molar-refractivity contribution in [3.63, 3.8) is 0 Å². The number of benzene rings is 2. The molecule has 0 aliphatic carbocycles. The predicted molar refractivity (Wildman–Crippen MR) is 84.8 cm³/mol. The van der Waals surface area contributed by atoms with E-state index in [2.05, 4.69) is 35.0 Å². The highest BCUT2D eigenvalue weighted by molar-refractivity contribution is 9.10. The van der Waals surface area contributed by atoms with Gasteiger partial charge in [-0.2, -0.15) is 0 Å². The first kappa shape index (κ1) is 14.4. The van der Waals surface area contributed by atoms with Crippen LogP contribution in [0.1, 0.15) is 11.1 Å². The molecular formula is C16H15BrOS. The maximum Gasteiger partial charge on any atom is 0.147 e. The Bertz CT molecular complexity index is 580. The SMILES string of the molecule is Cc1ccccc1SCC(=O)Cc1ccccc1Br. The Morgan fingerprint density at radius 3 is 2.53 bits per heavy atom. The van der Waals surface area contributed by atoms with Gasteiger partial charge < -0.3 is 0 Å². The molecule has 1 nitrogen and oxygen atoms in total. The molecule has 0 N–H and O–H groups in total. The Hall–Kier alpha value is -1.06. The molecule has 0 saturated carbocycles. The van der Waals surface area contributed by atoms with E-state index in [0.29, 0.717) is 12.2 Å². The van der Waals surface area contributed by atoms with Crippen LogP contribution in [0, 0.1) is 6.92 Å². The summed E-state index contributed by atoms with van der Waals surface area (Å²) in [5.41, 5.74) is 2.28. The van der Waals surface area contributed by atoms with Crippen molar-refractivity contribution in [2.24, 2.45) is 0 Å². The van der Waals surface area contributed by atoms with Crippen molar-refractivity contribution < 1.29 is 4.79 Å². The lowest BCUT2D eigenvalue weighted by atomic mass is 10.1. The molecule has 0 saturated heterocycles. The third-order valence-corrected chi connectivity index (χ3v) is 4.84. The molecule has 0 aromatic heterocycles. The van der Waals surface area contributed by atoms with E-state index < -0.39 is 0 Å². The maximum atomic E-state index is 12.0. The van der Waals surface area contributed by atoms with Crippen LogP contribution in [0.2, 0.25) is 0 Å². The van der Waals surface area contributed by atoms with Gasteiger partial charge in [-0.1, -0.05) is 52.3 Å². The number of carbonyl (C=O) groups is 1. The monoisotopic (exact) mass is 334 g/mol. The van der Waals surface area contributed by atoms with E-state index in [1.165, 1.54) is 10.5 Å². The van der Waals surface area contributed by atoms with E-state index in [1.54, 1.807) is 11.8 Å². The van der Waals surface area contributed by atoms with Gasteiger partial charge in [0.25, 0.3) is 0 Å². The topological polar surface area (TPSA) is 17.1 Å². The first-order chi connectivity index (χ1) is 9.16. The fourth-order valence-electron chi connectivity index (χ4n) is 1.78. The van der Waals surface area contributed by atoms with Crippen LogP contribution < -0.4 is 0 Å². The van der Waals surface area contributed by atoms with Crippen molar-refractivity contribution in [3.05, 3.63) is 64.1 Å². The fourth-order valence-corrected chi connectivity index (χ4v) is 3.10. The number of thioether (sulfide) groups is 1. The molecule has 3 heteroatoms. The summed E-state index contributed by atoms with van der Waals surface area (Å²) in [7, 11) is 0. The molecule has 0 spiro atoms. The summed E-state index contributed by atoms with van der Waals surface area (Å²) in [5, 5.41) is 0. The zero-order valence-corrected chi connectivity index (χ0v) is 13.1. The Balaban J connectivity index is 1.92. The molecule has 2 aromatic rings. The first-order valence-electron chi connectivity index (χ1n) is 6.10. The van der Waals surface area contributed by atoms with Crippen LogP contribution >= 0.6 is 27.7 Å². The minimum absolute atomic E-state index is 0.250. The van der Waals surface area contributed by atoms with Crippen molar-refractivity contribution in [1.29, 1.82) is 0 Å². The highest BCUT2D eigenvalue weighted by atomic mass is 79.9. The molecule has 0 fully saturated rings. The molecular weight excluding hydrogens is 320 g/mol. The first-order valence-corrected chi connectivity index (χ1v) is 7.88. The smallest absolute Gasteiger partial charge is 0.147 e. The Morgan fingerprint density at radius 2 is 1.79 bits per heavy atom. The molecule has 0 amide bonds. The second-order valence-electron chi connectivity index (χ2n) is 4.36. The van der Waals surface area contributed by atoms with Gasteiger partial charge in [0.1, 0.15) is 5.78 Å². The summed E-state index contributed by atoms with van der Waals surface area (Å²) in [6.45, 7) is 2.07. The zero-order valence-electron chi connectivity index (χ0n) is 10.7. The highest BCUT2D eigenvalue weighted by Crippen LogP contribution is 2.23. The standard InChI is InChI=1S/C16H15BrOS/c1-12-6-2-5-9-16(12)19-11-14(18)10-13-7-3-4-8-15(13)17/h2-9H,10-11H2,1H3. The molecule has 0 bridgehead atoms. The number of rotatable bonds is 5. The normalized spacial score (nSPS) is 10.4. The molecule has 19 heavy (non-hydrogen) atoms. The number of halogens is 1. The number of hydrogen-bond acceptors (Lipinski definition) is 2. The van der Waals surface area contributed by atoms with E-state index in [1.807, 2.05) is 36.4 Å². The zero-order chi connectivity index (χ0) is 13.7. The van der Waals surface area contributed by atoms with Crippen molar-refractivity contribution in [2.45, 2.75) is 18.2 Å². The van der Waals surface area contributed by atoms with E-state index in [-0.39, 0.29) is 5.78 Å². The van der Waals surface area contributed by atoms with Crippen molar-refractivity contribution in [1.82, 2.24) is 0 Å². The molecule has 0 unspecified atom stereocenters. The van der Waals surface area contributed by atoms with Crippen molar-refractivity contribution in [2.75, 3.05) is 5.75 Å². The largest absolute Gasteiger partial charge is 0.298 e. The summed E-state index contributed by atoms with van der Waals surface area (Å²) < 4.78 is 1.00. The van der Waals surface area contributed by atoms with Gasteiger partial charge in [0.15, 0.2) is 0 Å². The van der Waals surface area contributed by atoms with Gasteiger partial charge in [0, 0.05) is 15.8 Å². The second kappa shape index (κ2) is 6.92. The van der Waals surface area contributed by atoms with Crippen molar-refractivity contribution in [3.8, 4) is 0 Å². The van der Waals surface area contributed by atoms with Crippen molar-refractivity contribution >= 4 is 33.5 Å². The summed E-state index contributed by atoms with van der Waals surface area (Å²) in [6.07, 6.45) is 0.486. The second-order valence-corrected chi connectivity index (χ2v) is 6.23. The van der Waals surface area contributed by atoms with E-state index in [4.69, 9.17) is 0 Å². The van der Waals surface area contributed by atoms with Crippen LogP contribution in [-0.2, 0) is 11.2 Å². The average Bonchev–Trinajstić information content (AvgIpc) is 2.40. The van der Waals surface area contributed by atoms with Gasteiger partial charge in [-0.3, -0.25) is 4.79 Å². The Morgan fingerprint density at radius 1 is 1.11 bits per heavy atom. The molecule has 2 rings (SSSR count). The molecule has 0 aliphatic heterocycles. The minimum atomic E-state index is 0.250. The maximum absolute atomic E-state index is 12.0. The van der Waals surface area contributed by atoms with Gasteiger partial charge >= 0.3 is 0 Å². The van der Waals surface area contributed by atoms with E-state index >= 15 is 0 Å². The number of ketones is 1. The lowest BCUT2D eigenvalue weighted by Gasteiger charge is -2.06. The molecule has 0 aliphatic rings. The number of aryl methyl sites for hydroxylation is 1. The summed E-state index contributed by atoms with van der Waals surface area (Å²) >= 11 is 5.09. The molecule has 0 atom stereocenters. The van der Waals surface area contributed by atoms with Crippen LogP contribution in [0.5, 0.6) is 0 Å². The number of carbonyl (C=O) groups excluding carboxylic acids is 1. The highest BCUT2D eigenvalue weighted by Gasteiger charge is 2.08. The van der Waals surface area contributed by atoms with Gasteiger partial charge in [0.05, 0.1) is 5.75 Å². The Labute approximate surface area is 126 Å². The van der Waals surface area contributed by atoms with Crippen LogP contribution in [0.4, 0.5) is 0 Å². The summed E-state index contributed by atoms with van der Waals surface area (Å²) in [4.78, 5) is 13.2. The average molecular weight is 335 g/mol. The van der Waals surface area contributed by atoms with Gasteiger partial charge in [-0.25, -0.2) is 0 Å². The lowest BCUT2D eigenvalue weighted by Crippen LogP contribution is -2.06.